The quantitative estimate of drug-likeness (QED) is 0.196. The van der Waals surface area contributed by atoms with Crippen molar-refractivity contribution in [3.8, 4) is 5.75 Å². The number of hydrogen-bond acceptors (Lipinski definition) is 7. The van der Waals surface area contributed by atoms with Gasteiger partial charge in [0.15, 0.2) is 5.65 Å². The molecular formula is C30H27N3O3S2. The van der Waals surface area contributed by atoms with Gasteiger partial charge in [-0.05, 0) is 79.1 Å². The average molecular weight is 542 g/mol. The van der Waals surface area contributed by atoms with E-state index in [9.17, 15) is 8.42 Å². The molecule has 192 valence electrons. The SMILES string of the molecule is CCc1ccc2c(Nc3cc(C)ccc3Sc3ccc(OS(=O)(=O)Cc4ccccc4)cc3)ccnc2n1. The van der Waals surface area contributed by atoms with E-state index in [4.69, 9.17) is 4.18 Å². The largest absolute Gasteiger partial charge is 0.382 e. The molecule has 0 saturated carbocycles. The fourth-order valence-corrected chi connectivity index (χ4v) is 5.94. The van der Waals surface area contributed by atoms with Crippen molar-refractivity contribution < 1.29 is 12.6 Å². The summed E-state index contributed by atoms with van der Waals surface area (Å²) in [6, 6.07) is 28.4. The first-order valence-electron chi connectivity index (χ1n) is 12.2. The van der Waals surface area contributed by atoms with Crippen molar-refractivity contribution in [1.29, 1.82) is 0 Å². The standard InChI is InChI=1S/C30H27N3O3S2/c1-3-23-10-15-26-27(17-18-31-30(26)32-23)33-28-19-21(2)9-16-29(28)37-25-13-11-24(12-14-25)36-38(34,35)20-22-7-5-4-6-8-22/h4-19H,3,20H2,1-2H3,(H,31,32,33). The highest BCUT2D eigenvalue weighted by molar-refractivity contribution is 7.99. The smallest absolute Gasteiger partial charge is 0.313 e. The first-order chi connectivity index (χ1) is 18.4. The number of benzene rings is 3. The van der Waals surface area contributed by atoms with Gasteiger partial charge >= 0.3 is 10.1 Å². The van der Waals surface area contributed by atoms with Gasteiger partial charge in [-0.25, -0.2) is 9.97 Å². The van der Waals surface area contributed by atoms with Crippen LogP contribution < -0.4 is 9.50 Å². The lowest BCUT2D eigenvalue weighted by molar-refractivity contribution is 0.485. The van der Waals surface area contributed by atoms with Crippen LogP contribution in [0.2, 0.25) is 0 Å². The van der Waals surface area contributed by atoms with Crippen molar-refractivity contribution in [2.24, 2.45) is 0 Å². The first-order valence-corrected chi connectivity index (χ1v) is 14.6. The van der Waals surface area contributed by atoms with Crippen LogP contribution in [0.15, 0.2) is 107 Å². The third-order valence-corrected chi connectivity index (χ3v) is 8.11. The minimum Gasteiger partial charge on any atom is -0.382 e. The van der Waals surface area contributed by atoms with Crippen molar-refractivity contribution in [1.82, 2.24) is 9.97 Å². The van der Waals surface area contributed by atoms with Crippen LogP contribution in [-0.2, 0) is 22.3 Å². The Hall–Kier alpha value is -3.88. The number of rotatable bonds is 9. The number of aryl methyl sites for hydroxylation is 2. The molecule has 3 aromatic carbocycles. The van der Waals surface area contributed by atoms with Gasteiger partial charge in [-0.15, -0.1) is 0 Å². The second-order valence-electron chi connectivity index (χ2n) is 8.85. The molecule has 0 amide bonds. The van der Waals surface area contributed by atoms with E-state index in [1.54, 1.807) is 54.4 Å². The molecule has 1 N–H and O–H groups in total. The Balaban J connectivity index is 1.34. The van der Waals surface area contributed by atoms with Crippen molar-refractivity contribution >= 4 is 44.3 Å². The van der Waals surface area contributed by atoms with E-state index in [1.165, 1.54) is 0 Å². The molecule has 6 nitrogen and oxygen atoms in total. The Bertz CT molecular complexity index is 1670. The van der Waals surface area contributed by atoms with E-state index in [-0.39, 0.29) is 11.5 Å². The maximum Gasteiger partial charge on any atom is 0.313 e. The summed E-state index contributed by atoms with van der Waals surface area (Å²) in [5, 5.41) is 4.53. The number of fused-ring (bicyclic) bond motifs is 1. The molecule has 0 saturated heterocycles. The molecule has 0 fully saturated rings. The summed E-state index contributed by atoms with van der Waals surface area (Å²) in [5.74, 6) is 0.108. The predicted molar refractivity (Wildman–Crippen MR) is 154 cm³/mol. The molecule has 5 aromatic rings. The van der Waals surface area contributed by atoms with Crippen molar-refractivity contribution in [3.63, 3.8) is 0 Å². The normalized spacial score (nSPS) is 11.4. The Kier molecular flexibility index (Phi) is 7.62. The van der Waals surface area contributed by atoms with Crippen LogP contribution in [-0.4, -0.2) is 18.4 Å². The van der Waals surface area contributed by atoms with Gasteiger partial charge in [0.1, 0.15) is 11.5 Å². The monoisotopic (exact) mass is 541 g/mol. The van der Waals surface area contributed by atoms with Gasteiger partial charge in [0.25, 0.3) is 0 Å². The molecule has 0 spiro atoms. The molecule has 0 radical (unpaired) electrons. The zero-order valence-corrected chi connectivity index (χ0v) is 22.7. The number of pyridine rings is 2. The summed E-state index contributed by atoms with van der Waals surface area (Å²) >= 11 is 1.58. The lowest BCUT2D eigenvalue weighted by Crippen LogP contribution is -2.11. The second kappa shape index (κ2) is 11.2. The Labute approximate surface area is 227 Å². The topological polar surface area (TPSA) is 81.2 Å². The molecule has 38 heavy (non-hydrogen) atoms. The van der Waals surface area contributed by atoms with Crippen molar-refractivity contribution in [2.45, 2.75) is 35.8 Å². The average Bonchev–Trinajstić information content (AvgIpc) is 2.91. The number of hydrogen-bond donors (Lipinski definition) is 1. The van der Waals surface area contributed by atoms with Crippen molar-refractivity contribution in [3.05, 3.63) is 114 Å². The summed E-state index contributed by atoms with van der Waals surface area (Å²) in [6.45, 7) is 4.14. The summed E-state index contributed by atoms with van der Waals surface area (Å²) in [4.78, 5) is 11.1. The highest BCUT2D eigenvalue weighted by Gasteiger charge is 2.15. The fraction of sp³-hybridized carbons (Fsp3) is 0.133. The summed E-state index contributed by atoms with van der Waals surface area (Å²) < 4.78 is 30.3. The van der Waals surface area contributed by atoms with Crippen LogP contribution in [0.4, 0.5) is 11.4 Å². The Morgan fingerprint density at radius 3 is 2.45 bits per heavy atom. The molecule has 0 aliphatic rings. The minimum absolute atomic E-state index is 0.179. The number of nitrogens with one attached hydrogen (secondary N) is 1. The van der Waals surface area contributed by atoms with Gasteiger partial charge in [0, 0.05) is 27.1 Å². The van der Waals surface area contributed by atoms with Crippen LogP contribution in [0.5, 0.6) is 5.75 Å². The predicted octanol–water partition coefficient (Wildman–Crippen LogP) is 7.30. The molecule has 2 aromatic heterocycles. The lowest BCUT2D eigenvalue weighted by atomic mass is 10.2. The van der Waals surface area contributed by atoms with E-state index in [2.05, 4.69) is 53.4 Å². The lowest BCUT2D eigenvalue weighted by Gasteiger charge is -2.15. The molecule has 5 rings (SSSR count). The van der Waals surface area contributed by atoms with Gasteiger partial charge < -0.3 is 9.50 Å². The molecule has 0 aliphatic carbocycles. The van der Waals surface area contributed by atoms with E-state index in [0.29, 0.717) is 11.2 Å². The zero-order chi connectivity index (χ0) is 26.5. The molecule has 0 bridgehead atoms. The van der Waals surface area contributed by atoms with E-state index in [1.807, 2.05) is 30.3 Å². The van der Waals surface area contributed by atoms with Gasteiger partial charge in [-0.2, -0.15) is 8.42 Å². The molecule has 0 unspecified atom stereocenters. The number of nitrogens with zero attached hydrogens (tertiary/aromatic N) is 2. The van der Waals surface area contributed by atoms with Gasteiger partial charge in [0.05, 0.1) is 11.4 Å². The number of anilines is 2. The van der Waals surface area contributed by atoms with Crippen LogP contribution in [0.3, 0.4) is 0 Å². The number of aromatic nitrogens is 2. The van der Waals surface area contributed by atoms with Crippen LogP contribution in [0.1, 0.15) is 23.7 Å². The summed E-state index contributed by atoms with van der Waals surface area (Å²) in [6.07, 6.45) is 2.63. The van der Waals surface area contributed by atoms with E-state index in [0.717, 1.165) is 44.2 Å². The molecule has 8 heteroatoms. The molecule has 0 aliphatic heterocycles. The third-order valence-electron chi connectivity index (χ3n) is 5.89. The fourth-order valence-electron chi connectivity index (χ4n) is 3.99. The van der Waals surface area contributed by atoms with E-state index >= 15 is 0 Å². The summed E-state index contributed by atoms with van der Waals surface area (Å²) in [5.41, 5.74) is 5.44. The maximum atomic E-state index is 12.5. The first kappa shape index (κ1) is 25.8. The van der Waals surface area contributed by atoms with Crippen molar-refractivity contribution in [2.75, 3.05) is 5.32 Å². The van der Waals surface area contributed by atoms with Gasteiger partial charge in [0.2, 0.25) is 0 Å². The van der Waals surface area contributed by atoms with Crippen LogP contribution >= 0.6 is 11.8 Å². The zero-order valence-electron chi connectivity index (χ0n) is 21.1. The minimum atomic E-state index is -3.76. The maximum absolute atomic E-state index is 12.5. The van der Waals surface area contributed by atoms with E-state index < -0.39 is 10.1 Å². The third kappa shape index (κ3) is 6.33. The molecular weight excluding hydrogens is 514 g/mol. The second-order valence-corrected chi connectivity index (χ2v) is 11.5. The van der Waals surface area contributed by atoms with Gasteiger partial charge in [-0.1, -0.05) is 55.1 Å². The Morgan fingerprint density at radius 1 is 0.895 bits per heavy atom. The summed E-state index contributed by atoms with van der Waals surface area (Å²) in [7, 11) is -3.76. The Morgan fingerprint density at radius 2 is 1.68 bits per heavy atom. The van der Waals surface area contributed by atoms with Crippen LogP contribution in [0.25, 0.3) is 11.0 Å². The molecule has 0 atom stereocenters. The highest BCUT2D eigenvalue weighted by atomic mass is 32.2. The van der Waals surface area contributed by atoms with Crippen LogP contribution in [0, 0.1) is 6.92 Å². The molecule has 2 heterocycles. The highest BCUT2D eigenvalue weighted by Crippen LogP contribution is 2.37. The van der Waals surface area contributed by atoms with Gasteiger partial charge in [-0.3, -0.25) is 0 Å².